The zero-order valence-electron chi connectivity index (χ0n) is 19.5. The molecular formula is C26H25N4O5S+. The van der Waals surface area contributed by atoms with E-state index in [9.17, 15) is 9.59 Å². The second-order valence-electron chi connectivity index (χ2n) is 9.07. The van der Waals surface area contributed by atoms with Crippen molar-refractivity contribution in [1.29, 1.82) is 0 Å². The Labute approximate surface area is 211 Å². The molecule has 0 aliphatic carbocycles. The number of benzene rings is 2. The Morgan fingerprint density at radius 1 is 1.06 bits per heavy atom. The first kappa shape index (κ1) is 22.6. The Morgan fingerprint density at radius 3 is 2.69 bits per heavy atom. The zero-order chi connectivity index (χ0) is 24.6. The van der Waals surface area contributed by atoms with Crippen LogP contribution in [0.4, 0.5) is 0 Å². The first-order valence-electron chi connectivity index (χ1n) is 11.9. The van der Waals surface area contributed by atoms with Gasteiger partial charge in [-0.3, -0.25) is 14.2 Å². The number of quaternary nitrogens is 1. The number of rotatable bonds is 5. The normalized spacial score (nSPS) is 15.5. The Hall–Kier alpha value is -3.89. The average molecular weight is 506 g/mol. The van der Waals surface area contributed by atoms with Crippen LogP contribution in [0.25, 0.3) is 10.9 Å². The molecule has 1 amide bonds. The smallest absolute Gasteiger partial charge is 0.262 e. The molecule has 4 aromatic rings. The highest BCUT2D eigenvalue weighted by Crippen LogP contribution is 2.32. The number of hydrogen-bond acceptors (Lipinski definition) is 6. The van der Waals surface area contributed by atoms with Crippen molar-refractivity contribution >= 4 is 29.0 Å². The molecule has 4 heterocycles. The first-order valence-corrected chi connectivity index (χ1v) is 12.3. The molecule has 184 valence electrons. The molecule has 2 aromatic heterocycles. The Balaban J connectivity index is 1.14. The van der Waals surface area contributed by atoms with E-state index in [2.05, 4.69) is 11.1 Å². The van der Waals surface area contributed by atoms with E-state index in [1.165, 1.54) is 15.0 Å². The van der Waals surface area contributed by atoms with Crippen molar-refractivity contribution in [2.75, 3.05) is 33.0 Å². The number of carbonyl (C=O) groups excluding carboxylic acids is 1. The van der Waals surface area contributed by atoms with Crippen LogP contribution in [0, 0.1) is 4.77 Å². The lowest BCUT2D eigenvalue weighted by Crippen LogP contribution is -3.13. The van der Waals surface area contributed by atoms with E-state index in [1.54, 1.807) is 36.6 Å². The highest BCUT2D eigenvalue weighted by Gasteiger charge is 2.25. The van der Waals surface area contributed by atoms with E-state index in [0.29, 0.717) is 35.3 Å². The molecule has 10 heteroatoms. The Morgan fingerprint density at radius 2 is 1.89 bits per heavy atom. The van der Waals surface area contributed by atoms with Gasteiger partial charge < -0.3 is 28.7 Å². The summed E-state index contributed by atoms with van der Waals surface area (Å²) < 4.78 is 18.0. The van der Waals surface area contributed by atoms with E-state index in [0.717, 1.165) is 31.1 Å². The summed E-state index contributed by atoms with van der Waals surface area (Å²) in [6.45, 7) is 4.43. The summed E-state index contributed by atoms with van der Waals surface area (Å²) in [5.41, 5.74) is 2.07. The van der Waals surface area contributed by atoms with Gasteiger partial charge in [0, 0.05) is 11.1 Å². The summed E-state index contributed by atoms with van der Waals surface area (Å²) >= 11 is 5.42. The molecular weight excluding hydrogens is 480 g/mol. The molecule has 2 aliphatic heterocycles. The number of ether oxygens (including phenoxy) is 2. The summed E-state index contributed by atoms with van der Waals surface area (Å²) in [5.74, 6) is 2.18. The van der Waals surface area contributed by atoms with Crippen LogP contribution < -0.4 is 19.9 Å². The van der Waals surface area contributed by atoms with Crippen LogP contribution in [-0.4, -0.2) is 53.3 Å². The topological polar surface area (TPSA) is 94.1 Å². The van der Waals surface area contributed by atoms with Crippen LogP contribution >= 0.6 is 12.2 Å². The van der Waals surface area contributed by atoms with Gasteiger partial charge in [-0.15, -0.1) is 0 Å². The molecule has 1 fully saturated rings. The highest BCUT2D eigenvalue weighted by molar-refractivity contribution is 7.71. The van der Waals surface area contributed by atoms with E-state index in [4.69, 9.17) is 26.1 Å². The standard InChI is InChI=1S/C26H24N4O5S/c31-24(29-9-7-28(8-10-29)14-17-3-6-22-23(12-17)35-16-34-22)18-4-5-20-21(13-18)27-26(36)30(25(20)32)15-19-2-1-11-33-19/h1-6,11-13H,7-10,14-16H2,(H,27,36)/p+1. The SMILES string of the molecule is O=C(c1ccc2c(=O)n(Cc3ccco3)c(=S)[nH]c2c1)N1CC[NH+](Cc2ccc3c(c2)OCO3)CC1. The molecule has 2 aromatic carbocycles. The summed E-state index contributed by atoms with van der Waals surface area (Å²) in [6, 6.07) is 14.7. The number of amides is 1. The zero-order valence-corrected chi connectivity index (χ0v) is 20.3. The molecule has 0 atom stereocenters. The van der Waals surface area contributed by atoms with Crippen LogP contribution in [0.5, 0.6) is 11.5 Å². The summed E-state index contributed by atoms with van der Waals surface area (Å²) in [4.78, 5) is 32.7. The van der Waals surface area contributed by atoms with Gasteiger partial charge >= 0.3 is 0 Å². The van der Waals surface area contributed by atoms with Gasteiger partial charge in [-0.25, -0.2) is 0 Å². The van der Waals surface area contributed by atoms with Crippen molar-refractivity contribution < 1.29 is 23.6 Å². The van der Waals surface area contributed by atoms with Gasteiger partial charge in [-0.1, -0.05) is 0 Å². The fourth-order valence-corrected chi connectivity index (χ4v) is 5.07. The number of fused-ring (bicyclic) bond motifs is 2. The number of piperazine rings is 1. The quantitative estimate of drug-likeness (QED) is 0.403. The van der Waals surface area contributed by atoms with Crippen molar-refractivity contribution in [2.24, 2.45) is 0 Å². The maximum atomic E-state index is 13.2. The number of aromatic nitrogens is 2. The van der Waals surface area contributed by atoms with Crippen LogP contribution in [0.3, 0.4) is 0 Å². The number of nitrogens with one attached hydrogen (secondary N) is 2. The van der Waals surface area contributed by atoms with Gasteiger partial charge in [0.1, 0.15) is 12.3 Å². The molecule has 2 N–H and O–H groups in total. The van der Waals surface area contributed by atoms with Crippen molar-refractivity contribution in [3.05, 3.63) is 86.8 Å². The highest BCUT2D eigenvalue weighted by atomic mass is 32.1. The number of hydrogen-bond donors (Lipinski definition) is 2. The van der Waals surface area contributed by atoms with Crippen LogP contribution in [-0.2, 0) is 13.1 Å². The molecule has 2 aliphatic rings. The summed E-state index contributed by atoms with van der Waals surface area (Å²) in [7, 11) is 0. The average Bonchev–Trinajstić information content (AvgIpc) is 3.58. The number of H-pyrrole nitrogens is 1. The minimum Gasteiger partial charge on any atom is -0.467 e. The lowest BCUT2D eigenvalue weighted by Gasteiger charge is -2.32. The minimum atomic E-state index is -0.218. The minimum absolute atomic E-state index is 0.0434. The molecule has 0 spiro atoms. The predicted octanol–water partition coefficient (Wildman–Crippen LogP) is 1.97. The maximum absolute atomic E-state index is 13.2. The molecule has 0 radical (unpaired) electrons. The predicted molar refractivity (Wildman–Crippen MR) is 134 cm³/mol. The maximum Gasteiger partial charge on any atom is 0.262 e. The van der Waals surface area contributed by atoms with E-state index >= 15 is 0 Å². The fraction of sp³-hybridized carbons (Fsp3) is 0.269. The van der Waals surface area contributed by atoms with Crippen LogP contribution in [0.15, 0.2) is 64.0 Å². The Kier molecular flexibility index (Phi) is 5.82. The van der Waals surface area contributed by atoms with Crippen LogP contribution in [0.1, 0.15) is 21.7 Å². The molecule has 0 unspecified atom stereocenters. The van der Waals surface area contributed by atoms with Gasteiger partial charge in [-0.05, 0) is 60.7 Å². The molecule has 1 saturated heterocycles. The number of nitrogens with zero attached hydrogens (tertiary/aromatic N) is 2. The monoisotopic (exact) mass is 505 g/mol. The van der Waals surface area contributed by atoms with Gasteiger partial charge in [0.05, 0.1) is 49.9 Å². The Bertz CT molecular complexity index is 1550. The second-order valence-corrected chi connectivity index (χ2v) is 9.45. The number of aromatic amines is 1. The van der Waals surface area contributed by atoms with E-state index in [-0.39, 0.29) is 29.6 Å². The van der Waals surface area contributed by atoms with Gasteiger partial charge in [0.25, 0.3) is 11.5 Å². The van der Waals surface area contributed by atoms with E-state index < -0.39 is 0 Å². The summed E-state index contributed by atoms with van der Waals surface area (Å²) in [6.07, 6.45) is 1.56. The first-order chi connectivity index (χ1) is 17.5. The van der Waals surface area contributed by atoms with E-state index in [1.807, 2.05) is 17.0 Å². The number of carbonyl (C=O) groups is 1. The summed E-state index contributed by atoms with van der Waals surface area (Å²) in [5, 5.41) is 0.477. The third-order valence-corrected chi connectivity index (χ3v) is 7.09. The van der Waals surface area contributed by atoms with Crippen molar-refractivity contribution in [2.45, 2.75) is 13.1 Å². The van der Waals surface area contributed by atoms with Gasteiger partial charge in [0.2, 0.25) is 6.79 Å². The fourth-order valence-electron chi connectivity index (χ4n) is 4.81. The largest absolute Gasteiger partial charge is 0.467 e. The number of furan rings is 1. The molecule has 0 bridgehead atoms. The lowest BCUT2D eigenvalue weighted by molar-refractivity contribution is -0.917. The van der Waals surface area contributed by atoms with Crippen molar-refractivity contribution in [1.82, 2.24) is 14.5 Å². The van der Waals surface area contributed by atoms with Crippen molar-refractivity contribution in [3.8, 4) is 11.5 Å². The molecule has 0 saturated carbocycles. The second kappa shape index (κ2) is 9.29. The third kappa shape index (κ3) is 4.29. The third-order valence-electron chi connectivity index (χ3n) is 6.77. The molecule has 36 heavy (non-hydrogen) atoms. The lowest BCUT2D eigenvalue weighted by atomic mass is 10.1. The van der Waals surface area contributed by atoms with Gasteiger partial charge in [0.15, 0.2) is 16.3 Å². The molecule has 6 rings (SSSR count). The van der Waals surface area contributed by atoms with Crippen molar-refractivity contribution in [3.63, 3.8) is 0 Å². The molecule has 9 nitrogen and oxygen atoms in total. The van der Waals surface area contributed by atoms with Crippen LogP contribution in [0.2, 0.25) is 0 Å². The van der Waals surface area contributed by atoms with Gasteiger partial charge in [-0.2, -0.15) is 0 Å².